The molecule has 9 heteroatoms. The van der Waals surface area contributed by atoms with Gasteiger partial charge in [0.05, 0.1) is 5.60 Å². The second kappa shape index (κ2) is 11.3. The average Bonchev–Trinajstić information content (AvgIpc) is 3.35. The van der Waals surface area contributed by atoms with Gasteiger partial charge < -0.3 is 14.2 Å². The molecule has 9 nitrogen and oxygen atoms in total. The van der Waals surface area contributed by atoms with Gasteiger partial charge in [0.15, 0.2) is 11.4 Å². The molecule has 0 aromatic carbocycles. The second-order valence-corrected chi connectivity index (χ2v) is 10.1. The number of nitrogens with zero attached hydrogens (tertiary/aromatic N) is 1. The molecule has 1 N–H and O–H groups in total. The van der Waals surface area contributed by atoms with Crippen LogP contribution in [-0.4, -0.2) is 52.6 Å². The largest absolute Gasteiger partial charge is 0.512 e. The van der Waals surface area contributed by atoms with Crippen LogP contribution < -0.4 is 4.98 Å². The fraction of sp³-hybridized carbons (Fsp3) is 0.654. The van der Waals surface area contributed by atoms with Crippen LogP contribution in [0.25, 0.3) is 0 Å². The monoisotopic (exact) mass is 491 g/mol. The molecule has 1 aromatic rings. The summed E-state index contributed by atoms with van der Waals surface area (Å²) in [6, 6.07) is 0. The van der Waals surface area contributed by atoms with Crippen molar-refractivity contribution in [2.24, 2.45) is 17.8 Å². The van der Waals surface area contributed by atoms with Crippen molar-refractivity contribution in [1.29, 1.82) is 0 Å². The molecule has 1 aliphatic rings. The summed E-state index contributed by atoms with van der Waals surface area (Å²) in [4.78, 5) is 55.0. The Morgan fingerprint density at radius 2 is 1.80 bits per heavy atom. The van der Waals surface area contributed by atoms with Crippen molar-refractivity contribution in [2.45, 2.75) is 85.0 Å². The van der Waals surface area contributed by atoms with Gasteiger partial charge in [-0.3, -0.25) is 14.4 Å². The maximum Gasteiger partial charge on any atom is 0.512 e. The molecular weight excluding hydrogens is 452 g/mol. The van der Waals surface area contributed by atoms with Crippen molar-refractivity contribution in [3.05, 3.63) is 30.4 Å². The van der Waals surface area contributed by atoms with Crippen molar-refractivity contribution in [3.63, 3.8) is 0 Å². The molecular formula is C26H39N2O7+. The first-order valence-corrected chi connectivity index (χ1v) is 12.1. The molecule has 0 saturated carbocycles. The third kappa shape index (κ3) is 6.66. The highest BCUT2D eigenvalue weighted by Gasteiger charge is 2.43. The molecule has 1 aromatic heterocycles. The zero-order valence-corrected chi connectivity index (χ0v) is 22.0. The molecule has 0 bridgehead atoms. The quantitative estimate of drug-likeness (QED) is 0.469. The summed E-state index contributed by atoms with van der Waals surface area (Å²) in [5.41, 5.74) is -1.83. The lowest BCUT2D eigenvalue weighted by molar-refractivity contribution is -0.376. The van der Waals surface area contributed by atoms with Gasteiger partial charge in [-0.05, 0) is 58.6 Å². The van der Waals surface area contributed by atoms with Gasteiger partial charge >= 0.3 is 12.1 Å². The van der Waals surface area contributed by atoms with Gasteiger partial charge in [-0.2, -0.15) is 4.79 Å². The summed E-state index contributed by atoms with van der Waals surface area (Å²) in [6.45, 7) is 12.0. The minimum absolute atomic E-state index is 0.143. The van der Waals surface area contributed by atoms with E-state index < -0.39 is 47.1 Å². The van der Waals surface area contributed by atoms with Gasteiger partial charge in [0, 0.05) is 18.9 Å². The Balaban J connectivity index is 2.58. The van der Waals surface area contributed by atoms with Crippen LogP contribution >= 0.6 is 0 Å². The Morgan fingerprint density at radius 3 is 2.34 bits per heavy atom. The lowest BCUT2D eigenvalue weighted by Crippen LogP contribution is -2.47. The van der Waals surface area contributed by atoms with Crippen molar-refractivity contribution in [2.75, 3.05) is 7.11 Å². The van der Waals surface area contributed by atoms with Gasteiger partial charge in [-0.1, -0.05) is 20.8 Å². The second-order valence-electron chi connectivity index (χ2n) is 10.1. The number of carbonyl (C=O) groups is 4. The predicted molar refractivity (Wildman–Crippen MR) is 127 cm³/mol. The van der Waals surface area contributed by atoms with Crippen molar-refractivity contribution in [3.8, 4) is 0 Å². The highest BCUT2D eigenvalue weighted by atomic mass is 16.6. The third-order valence-corrected chi connectivity index (χ3v) is 6.91. The van der Waals surface area contributed by atoms with Crippen LogP contribution in [0.5, 0.6) is 0 Å². The number of hydrogen-bond donors (Lipinski definition) is 0. The summed E-state index contributed by atoms with van der Waals surface area (Å²) in [6.07, 6.45) is 5.41. The molecule has 0 radical (unpaired) electrons. The van der Waals surface area contributed by atoms with E-state index in [9.17, 15) is 19.2 Å². The van der Waals surface area contributed by atoms with Crippen molar-refractivity contribution in [1.82, 2.24) is 4.57 Å². The fourth-order valence-corrected chi connectivity index (χ4v) is 4.85. The van der Waals surface area contributed by atoms with E-state index in [1.165, 1.54) is 24.0 Å². The van der Waals surface area contributed by atoms with Crippen LogP contribution in [0.3, 0.4) is 0 Å². The molecule has 2 rings (SSSR count). The van der Waals surface area contributed by atoms with E-state index in [1.54, 1.807) is 47.1 Å². The van der Waals surface area contributed by atoms with Crippen LogP contribution in [0, 0.1) is 17.8 Å². The van der Waals surface area contributed by atoms with Gasteiger partial charge in [0.2, 0.25) is 0 Å². The van der Waals surface area contributed by atoms with E-state index in [-0.39, 0.29) is 11.6 Å². The van der Waals surface area contributed by atoms with Gasteiger partial charge in [-0.15, -0.1) is 4.57 Å². The molecule has 0 spiro atoms. The zero-order chi connectivity index (χ0) is 26.6. The summed E-state index contributed by atoms with van der Waals surface area (Å²) in [7, 11) is 1.55. The standard InChI is InChI=1S/C26H38N2O7/c1-9-20-26(7,35-24(32)28-11-10-27-15-28)14-18(4)21(29)16(2)12-25(6,33-8)13-17(3)22(30)19(5)23(31)34-20/h10-11,14-17,19-20H,9,12-13H2,1-8H3/p+1/b18-14+/t16-,17?,19-,20-,25?,26+/m1/s1. The molecule has 6 atom stereocenters. The predicted octanol–water partition coefficient (Wildman–Crippen LogP) is 3.56. The maximum atomic E-state index is 13.3. The Morgan fingerprint density at radius 1 is 1.17 bits per heavy atom. The maximum absolute atomic E-state index is 13.3. The number of carbonyl (C=O) groups excluding carboxylic acids is 4. The number of esters is 1. The van der Waals surface area contributed by atoms with Crippen LogP contribution in [0.1, 0.15) is 67.7 Å². The zero-order valence-electron chi connectivity index (χ0n) is 22.0. The van der Waals surface area contributed by atoms with E-state index in [2.05, 4.69) is 4.98 Å². The smallest absolute Gasteiger partial charge is 0.457 e. The van der Waals surface area contributed by atoms with E-state index in [1.807, 2.05) is 13.8 Å². The number of methoxy groups -OCH3 is 1. The highest BCUT2D eigenvalue weighted by Crippen LogP contribution is 2.33. The Bertz CT molecular complexity index is 970. The highest BCUT2D eigenvalue weighted by molar-refractivity contribution is 6.00. The lowest BCUT2D eigenvalue weighted by Gasteiger charge is -2.36. The first-order chi connectivity index (χ1) is 16.3. The van der Waals surface area contributed by atoms with E-state index in [0.29, 0.717) is 24.8 Å². The number of aromatic amines is 1. The number of cyclic esters (lactones) is 1. The molecule has 194 valence electrons. The van der Waals surface area contributed by atoms with Gasteiger partial charge in [0.25, 0.3) is 6.33 Å². The Labute approximate surface area is 207 Å². The number of nitrogens with one attached hydrogen (secondary N) is 1. The fourth-order valence-electron chi connectivity index (χ4n) is 4.85. The number of Topliss-reactive ketones (excluding diaryl/α,β-unsaturated/α-hetero) is 2. The van der Waals surface area contributed by atoms with Crippen molar-refractivity contribution >= 4 is 23.6 Å². The van der Waals surface area contributed by atoms with Crippen LogP contribution in [0.4, 0.5) is 4.79 Å². The molecule has 2 heterocycles. The lowest BCUT2D eigenvalue weighted by atomic mass is 9.79. The summed E-state index contributed by atoms with van der Waals surface area (Å²) < 4.78 is 18.5. The number of ketones is 2. The topological polar surface area (TPSA) is 115 Å². The molecule has 0 amide bonds. The minimum atomic E-state index is -1.46. The first kappa shape index (κ1) is 28.4. The van der Waals surface area contributed by atoms with Crippen LogP contribution in [0.2, 0.25) is 0 Å². The number of imidazole rings is 1. The summed E-state index contributed by atoms with van der Waals surface area (Å²) >= 11 is 0. The number of hydrogen-bond acceptors (Lipinski definition) is 7. The first-order valence-electron chi connectivity index (χ1n) is 12.1. The normalized spacial score (nSPS) is 35.0. The number of allylic oxidation sites excluding steroid dienone is 1. The van der Waals surface area contributed by atoms with Crippen LogP contribution in [-0.2, 0) is 28.6 Å². The van der Waals surface area contributed by atoms with E-state index in [4.69, 9.17) is 14.2 Å². The van der Waals surface area contributed by atoms with E-state index >= 15 is 0 Å². The Kier molecular flexibility index (Phi) is 9.17. The Hall–Kier alpha value is -2.81. The molecule has 1 aliphatic heterocycles. The minimum Gasteiger partial charge on any atom is -0.457 e. The van der Waals surface area contributed by atoms with Crippen LogP contribution in [0.15, 0.2) is 30.4 Å². The van der Waals surface area contributed by atoms with Gasteiger partial charge in [-0.25, -0.2) is 4.98 Å². The third-order valence-electron chi connectivity index (χ3n) is 6.91. The van der Waals surface area contributed by atoms with Gasteiger partial charge in [0.1, 0.15) is 30.2 Å². The molecule has 0 fully saturated rings. The van der Waals surface area contributed by atoms with Crippen molar-refractivity contribution < 1.29 is 38.4 Å². The number of ether oxygens (including phenoxy) is 3. The summed E-state index contributed by atoms with van der Waals surface area (Å²) in [5, 5.41) is 0. The molecule has 35 heavy (non-hydrogen) atoms. The average molecular weight is 492 g/mol. The summed E-state index contributed by atoms with van der Waals surface area (Å²) in [5.74, 6) is -3.02. The molecule has 0 saturated heterocycles. The molecule has 0 aliphatic carbocycles. The number of H-pyrrole nitrogens is 1. The number of rotatable bonds is 3. The molecule has 2 unspecified atom stereocenters. The van der Waals surface area contributed by atoms with E-state index in [0.717, 1.165) is 0 Å². The SMILES string of the molecule is CC[C@H]1OC(=O)[C@H](C)C(=O)C(C)CC(C)(OC)C[C@@H](C)C(=O)/C(C)=C/[C@]1(C)OC(=O)n1cc[nH+]c1. The number of aromatic nitrogens is 2.